The molecule has 0 atom stereocenters. The Morgan fingerprint density at radius 3 is 2.67 bits per heavy atom. The molecule has 1 N–H and O–H groups in total. The van der Waals surface area contributed by atoms with Crippen molar-refractivity contribution in [3.05, 3.63) is 59.2 Å². The number of amides is 1. The molecule has 9 heteroatoms. The standard InChI is InChI=1S/C18H16ClN3O3S2/c19-14-5-7-15(8-6-14)27(24,25)10-2-4-17(23)22-18-21-16(12-26-18)13-3-1-9-20-11-13/h1,3,5-9,11-12H,2,4,10H2,(H,21,22,23). The Hall–Kier alpha value is -2.29. The first-order chi connectivity index (χ1) is 12.9. The Morgan fingerprint density at radius 1 is 1.19 bits per heavy atom. The summed E-state index contributed by atoms with van der Waals surface area (Å²) < 4.78 is 24.5. The molecule has 0 aliphatic rings. The normalized spacial score (nSPS) is 11.3. The zero-order valence-electron chi connectivity index (χ0n) is 14.1. The van der Waals surface area contributed by atoms with Gasteiger partial charge in [-0.3, -0.25) is 9.78 Å². The van der Waals surface area contributed by atoms with E-state index in [4.69, 9.17) is 11.6 Å². The molecule has 0 aliphatic heterocycles. The third-order valence-electron chi connectivity index (χ3n) is 3.70. The molecule has 0 aliphatic carbocycles. The van der Waals surface area contributed by atoms with Crippen LogP contribution in [0.1, 0.15) is 12.8 Å². The first-order valence-corrected chi connectivity index (χ1v) is 11.0. The van der Waals surface area contributed by atoms with Gasteiger partial charge in [-0.1, -0.05) is 11.6 Å². The summed E-state index contributed by atoms with van der Waals surface area (Å²) in [5, 5.41) is 5.48. The lowest BCUT2D eigenvalue weighted by atomic mass is 10.2. The Kier molecular flexibility index (Phi) is 6.20. The molecule has 3 rings (SSSR count). The fourth-order valence-electron chi connectivity index (χ4n) is 2.34. The number of hydrogen-bond acceptors (Lipinski definition) is 6. The number of sulfone groups is 1. The van der Waals surface area contributed by atoms with Gasteiger partial charge in [-0.05, 0) is 42.8 Å². The van der Waals surface area contributed by atoms with Crippen molar-refractivity contribution in [1.29, 1.82) is 0 Å². The molecule has 0 saturated heterocycles. The van der Waals surface area contributed by atoms with Crippen molar-refractivity contribution in [2.24, 2.45) is 0 Å². The number of carbonyl (C=O) groups is 1. The fraction of sp³-hybridized carbons (Fsp3) is 0.167. The van der Waals surface area contributed by atoms with Crippen LogP contribution in [0.25, 0.3) is 11.3 Å². The minimum atomic E-state index is -3.44. The number of benzene rings is 1. The van der Waals surface area contributed by atoms with Gasteiger partial charge in [0, 0.05) is 34.8 Å². The molecule has 2 heterocycles. The van der Waals surface area contributed by atoms with E-state index in [1.54, 1.807) is 12.4 Å². The lowest BCUT2D eigenvalue weighted by Crippen LogP contribution is -2.14. The molecule has 1 amide bonds. The van der Waals surface area contributed by atoms with Gasteiger partial charge in [-0.15, -0.1) is 11.3 Å². The Morgan fingerprint density at radius 2 is 1.96 bits per heavy atom. The molecule has 0 saturated carbocycles. The van der Waals surface area contributed by atoms with E-state index >= 15 is 0 Å². The van der Waals surface area contributed by atoms with Crippen molar-refractivity contribution in [3.63, 3.8) is 0 Å². The van der Waals surface area contributed by atoms with Gasteiger partial charge < -0.3 is 5.32 Å². The van der Waals surface area contributed by atoms with Crippen LogP contribution < -0.4 is 5.32 Å². The summed E-state index contributed by atoms with van der Waals surface area (Å²) in [6, 6.07) is 9.69. The molecule has 2 aromatic heterocycles. The van der Waals surface area contributed by atoms with E-state index in [-0.39, 0.29) is 29.4 Å². The summed E-state index contributed by atoms with van der Waals surface area (Å²) in [6.07, 6.45) is 3.69. The first-order valence-electron chi connectivity index (χ1n) is 8.08. The number of hydrogen-bond donors (Lipinski definition) is 1. The van der Waals surface area contributed by atoms with Crippen LogP contribution in [0.4, 0.5) is 5.13 Å². The van der Waals surface area contributed by atoms with Gasteiger partial charge in [0.1, 0.15) is 0 Å². The van der Waals surface area contributed by atoms with Gasteiger partial charge in [0.05, 0.1) is 16.3 Å². The molecule has 1 aromatic carbocycles. The van der Waals surface area contributed by atoms with Crippen molar-refractivity contribution in [2.45, 2.75) is 17.7 Å². The number of anilines is 1. The van der Waals surface area contributed by atoms with Crippen LogP contribution >= 0.6 is 22.9 Å². The van der Waals surface area contributed by atoms with E-state index in [2.05, 4.69) is 15.3 Å². The van der Waals surface area contributed by atoms with Crippen molar-refractivity contribution in [2.75, 3.05) is 11.1 Å². The Balaban J connectivity index is 1.51. The topological polar surface area (TPSA) is 89.0 Å². The number of halogens is 1. The molecule has 140 valence electrons. The van der Waals surface area contributed by atoms with Crippen LogP contribution in [0.5, 0.6) is 0 Å². The van der Waals surface area contributed by atoms with E-state index in [1.165, 1.54) is 35.6 Å². The minimum absolute atomic E-state index is 0.0919. The number of thiazole rings is 1. The molecule has 0 fully saturated rings. The molecule has 27 heavy (non-hydrogen) atoms. The number of pyridine rings is 1. The summed E-state index contributed by atoms with van der Waals surface area (Å²) in [5.74, 6) is -0.380. The lowest BCUT2D eigenvalue weighted by Gasteiger charge is -2.05. The third kappa shape index (κ3) is 5.35. The van der Waals surface area contributed by atoms with Gasteiger partial charge in [0.15, 0.2) is 15.0 Å². The highest BCUT2D eigenvalue weighted by Crippen LogP contribution is 2.24. The maximum absolute atomic E-state index is 12.3. The summed E-state index contributed by atoms with van der Waals surface area (Å²) in [4.78, 5) is 20.6. The predicted molar refractivity (Wildman–Crippen MR) is 107 cm³/mol. The first kappa shape index (κ1) is 19.5. The highest BCUT2D eigenvalue weighted by molar-refractivity contribution is 7.91. The second-order valence-corrected chi connectivity index (χ2v) is 9.11. The van der Waals surface area contributed by atoms with Crippen molar-refractivity contribution >= 4 is 43.8 Å². The average Bonchev–Trinajstić information content (AvgIpc) is 3.11. The summed E-state index contributed by atoms with van der Waals surface area (Å²) in [5.41, 5.74) is 1.59. The minimum Gasteiger partial charge on any atom is -0.302 e. The van der Waals surface area contributed by atoms with E-state index in [9.17, 15) is 13.2 Å². The lowest BCUT2D eigenvalue weighted by molar-refractivity contribution is -0.116. The maximum atomic E-state index is 12.3. The van der Waals surface area contributed by atoms with E-state index in [0.29, 0.717) is 10.2 Å². The number of aromatic nitrogens is 2. The van der Waals surface area contributed by atoms with Crippen LogP contribution in [0.3, 0.4) is 0 Å². The summed E-state index contributed by atoms with van der Waals surface area (Å²) in [6.45, 7) is 0. The van der Waals surface area contributed by atoms with Gasteiger partial charge in [0.25, 0.3) is 0 Å². The van der Waals surface area contributed by atoms with Crippen LogP contribution in [0, 0.1) is 0 Å². The number of carbonyl (C=O) groups excluding carboxylic acids is 1. The summed E-state index contributed by atoms with van der Waals surface area (Å²) in [7, 11) is -3.44. The monoisotopic (exact) mass is 421 g/mol. The molecule has 0 spiro atoms. The number of rotatable bonds is 7. The van der Waals surface area contributed by atoms with Crippen LogP contribution in [-0.4, -0.2) is 30.0 Å². The molecule has 0 unspecified atom stereocenters. The number of nitrogens with one attached hydrogen (secondary N) is 1. The van der Waals surface area contributed by atoms with Crippen molar-refractivity contribution < 1.29 is 13.2 Å². The predicted octanol–water partition coefficient (Wildman–Crippen LogP) is 4.05. The molecule has 3 aromatic rings. The SMILES string of the molecule is O=C(CCCS(=O)(=O)c1ccc(Cl)cc1)Nc1nc(-c2cccnc2)cs1. The van der Waals surface area contributed by atoms with Crippen LogP contribution in [0.2, 0.25) is 5.02 Å². The van der Waals surface area contributed by atoms with Gasteiger partial charge >= 0.3 is 0 Å². The largest absolute Gasteiger partial charge is 0.302 e. The maximum Gasteiger partial charge on any atom is 0.226 e. The molecule has 0 radical (unpaired) electrons. The third-order valence-corrected chi connectivity index (χ3v) is 6.52. The van der Waals surface area contributed by atoms with Crippen molar-refractivity contribution in [3.8, 4) is 11.3 Å². The number of nitrogens with zero attached hydrogens (tertiary/aromatic N) is 2. The average molecular weight is 422 g/mol. The molecular weight excluding hydrogens is 406 g/mol. The van der Waals surface area contributed by atoms with E-state index in [0.717, 1.165) is 11.3 Å². The molecule has 6 nitrogen and oxygen atoms in total. The second kappa shape index (κ2) is 8.60. The second-order valence-electron chi connectivity index (χ2n) is 5.70. The van der Waals surface area contributed by atoms with Gasteiger partial charge in [0.2, 0.25) is 5.91 Å². The van der Waals surface area contributed by atoms with Crippen LogP contribution in [0.15, 0.2) is 59.1 Å². The fourth-order valence-corrected chi connectivity index (χ4v) is 4.51. The van der Waals surface area contributed by atoms with Gasteiger partial charge in [-0.25, -0.2) is 13.4 Å². The molecule has 0 bridgehead atoms. The summed E-state index contributed by atoms with van der Waals surface area (Å²) >= 11 is 7.08. The van der Waals surface area contributed by atoms with E-state index < -0.39 is 9.84 Å². The van der Waals surface area contributed by atoms with Crippen molar-refractivity contribution in [1.82, 2.24) is 9.97 Å². The quantitative estimate of drug-likeness (QED) is 0.621. The van der Waals surface area contributed by atoms with Gasteiger partial charge in [-0.2, -0.15) is 0 Å². The zero-order chi connectivity index (χ0) is 19.3. The zero-order valence-corrected chi connectivity index (χ0v) is 16.5. The molecular formula is C18H16ClN3O3S2. The highest BCUT2D eigenvalue weighted by atomic mass is 35.5. The Bertz CT molecular complexity index is 1020. The smallest absolute Gasteiger partial charge is 0.226 e. The van der Waals surface area contributed by atoms with E-state index in [1.807, 2.05) is 17.5 Å². The highest BCUT2D eigenvalue weighted by Gasteiger charge is 2.15. The Labute approximate surface area is 166 Å². The van der Waals surface area contributed by atoms with Crippen LogP contribution in [-0.2, 0) is 14.6 Å².